The molecule has 1 rings (SSSR count). The van der Waals surface area contributed by atoms with Gasteiger partial charge in [-0.15, -0.1) is 0 Å². The van der Waals surface area contributed by atoms with Gasteiger partial charge in [0.25, 0.3) is 5.91 Å². The van der Waals surface area contributed by atoms with Crippen LogP contribution in [0.2, 0.25) is 0 Å². The van der Waals surface area contributed by atoms with Crippen molar-refractivity contribution in [2.45, 2.75) is 46.1 Å². The summed E-state index contributed by atoms with van der Waals surface area (Å²) in [6.45, 7) is 6.44. The first-order valence-electron chi connectivity index (χ1n) is 7.18. The summed E-state index contributed by atoms with van der Waals surface area (Å²) in [6, 6.07) is 5.23. The molecule has 0 radical (unpaired) electrons. The number of nitrogens with two attached hydrogens (primary N) is 1. The molecule has 4 heteroatoms. The lowest BCUT2D eigenvalue weighted by molar-refractivity contribution is 0.0935. The fourth-order valence-corrected chi connectivity index (χ4v) is 2.11. The molecule has 20 heavy (non-hydrogen) atoms. The molecule has 0 saturated carbocycles. The highest BCUT2D eigenvalue weighted by Crippen LogP contribution is 2.21. The highest BCUT2D eigenvalue weighted by Gasteiger charge is 2.14. The maximum Gasteiger partial charge on any atom is 0.255 e. The molecule has 1 aromatic carbocycles. The molecule has 0 fully saturated rings. The predicted octanol–water partition coefficient (Wildman–Crippen LogP) is 3.22. The number of hydrogen-bond donors (Lipinski definition) is 2. The van der Waals surface area contributed by atoms with Crippen LogP contribution in [0, 0.1) is 5.92 Å². The first kappa shape index (κ1) is 16.3. The Bertz CT molecular complexity index is 444. The van der Waals surface area contributed by atoms with E-state index in [2.05, 4.69) is 19.2 Å². The minimum absolute atomic E-state index is 0.133. The van der Waals surface area contributed by atoms with E-state index in [1.54, 1.807) is 25.3 Å². The first-order chi connectivity index (χ1) is 9.43. The Morgan fingerprint density at radius 1 is 1.30 bits per heavy atom. The van der Waals surface area contributed by atoms with Crippen molar-refractivity contribution in [3.05, 3.63) is 23.8 Å². The highest BCUT2D eigenvalue weighted by molar-refractivity contribution is 5.98. The molecule has 0 heterocycles. The van der Waals surface area contributed by atoms with Crippen LogP contribution >= 0.6 is 0 Å². The molecule has 0 aliphatic rings. The maximum atomic E-state index is 12.2. The van der Waals surface area contributed by atoms with Crippen molar-refractivity contribution in [2.24, 2.45) is 5.92 Å². The summed E-state index contributed by atoms with van der Waals surface area (Å²) in [5.41, 5.74) is 6.78. The quantitative estimate of drug-likeness (QED) is 0.753. The van der Waals surface area contributed by atoms with Crippen LogP contribution in [0.1, 0.15) is 50.4 Å². The van der Waals surface area contributed by atoms with Gasteiger partial charge in [0, 0.05) is 11.7 Å². The van der Waals surface area contributed by atoms with Gasteiger partial charge in [-0.25, -0.2) is 0 Å². The molecule has 0 aliphatic heterocycles. The SMILES string of the molecule is COc1ccc(N)cc1C(=O)NC(C)CCCC(C)C. The van der Waals surface area contributed by atoms with E-state index in [-0.39, 0.29) is 11.9 Å². The summed E-state index contributed by atoms with van der Waals surface area (Å²) >= 11 is 0. The number of ether oxygens (including phenoxy) is 1. The zero-order chi connectivity index (χ0) is 15.1. The van der Waals surface area contributed by atoms with Crippen molar-refractivity contribution < 1.29 is 9.53 Å². The van der Waals surface area contributed by atoms with Gasteiger partial charge >= 0.3 is 0 Å². The molecule has 0 spiro atoms. The highest BCUT2D eigenvalue weighted by atomic mass is 16.5. The Balaban J connectivity index is 2.59. The van der Waals surface area contributed by atoms with Crippen LogP contribution in [0.4, 0.5) is 5.69 Å². The van der Waals surface area contributed by atoms with E-state index in [4.69, 9.17) is 10.5 Å². The normalized spacial score (nSPS) is 12.2. The number of amides is 1. The third-order valence-electron chi connectivity index (χ3n) is 3.26. The van der Waals surface area contributed by atoms with E-state index < -0.39 is 0 Å². The van der Waals surface area contributed by atoms with E-state index in [0.29, 0.717) is 22.9 Å². The van der Waals surface area contributed by atoms with Crippen LogP contribution in [-0.4, -0.2) is 19.1 Å². The summed E-state index contributed by atoms with van der Waals surface area (Å²) in [5, 5.41) is 3.00. The van der Waals surface area contributed by atoms with E-state index in [9.17, 15) is 4.79 Å². The zero-order valence-electron chi connectivity index (χ0n) is 12.9. The largest absolute Gasteiger partial charge is 0.496 e. The monoisotopic (exact) mass is 278 g/mol. The average Bonchev–Trinajstić information content (AvgIpc) is 2.38. The van der Waals surface area contributed by atoms with E-state index >= 15 is 0 Å². The summed E-state index contributed by atoms with van der Waals surface area (Å²) in [6.07, 6.45) is 3.28. The van der Waals surface area contributed by atoms with Gasteiger partial charge < -0.3 is 15.8 Å². The summed E-state index contributed by atoms with van der Waals surface area (Å²) in [5.74, 6) is 1.11. The van der Waals surface area contributed by atoms with Crippen molar-refractivity contribution in [1.29, 1.82) is 0 Å². The molecule has 0 bridgehead atoms. The van der Waals surface area contributed by atoms with Gasteiger partial charge in [-0.3, -0.25) is 4.79 Å². The smallest absolute Gasteiger partial charge is 0.255 e. The molecule has 1 aromatic rings. The van der Waals surface area contributed by atoms with Crippen LogP contribution in [0.3, 0.4) is 0 Å². The lowest BCUT2D eigenvalue weighted by Crippen LogP contribution is -2.32. The summed E-state index contributed by atoms with van der Waals surface area (Å²) in [4.78, 5) is 12.2. The van der Waals surface area contributed by atoms with Crippen molar-refractivity contribution in [2.75, 3.05) is 12.8 Å². The molecular weight excluding hydrogens is 252 g/mol. The van der Waals surface area contributed by atoms with Gasteiger partial charge in [0.2, 0.25) is 0 Å². The molecule has 0 aliphatic carbocycles. The van der Waals surface area contributed by atoms with Crippen LogP contribution in [0.25, 0.3) is 0 Å². The molecular formula is C16H26N2O2. The van der Waals surface area contributed by atoms with Gasteiger partial charge in [0.1, 0.15) is 5.75 Å². The second-order valence-corrected chi connectivity index (χ2v) is 5.66. The van der Waals surface area contributed by atoms with E-state index in [0.717, 1.165) is 12.8 Å². The van der Waals surface area contributed by atoms with Gasteiger partial charge in [0.05, 0.1) is 12.7 Å². The fraction of sp³-hybridized carbons (Fsp3) is 0.562. The Hall–Kier alpha value is -1.71. The van der Waals surface area contributed by atoms with Gasteiger partial charge in [-0.1, -0.05) is 26.7 Å². The standard InChI is InChI=1S/C16H26N2O2/c1-11(2)6-5-7-12(3)18-16(19)14-10-13(17)8-9-15(14)20-4/h8-12H,5-7,17H2,1-4H3,(H,18,19). The molecule has 0 aromatic heterocycles. The second-order valence-electron chi connectivity index (χ2n) is 5.66. The number of carbonyl (C=O) groups is 1. The number of carbonyl (C=O) groups excluding carboxylic acids is 1. The van der Waals surface area contributed by atoms with Crippen molar-refractivity contribution in [3.8, 4) is 5.75 Å². The minimum atomic E-state index is -0.133. The number of nitrogens with one attached hydrogen (secondary N) is 1. The Morgan fingerprint density at radius 2 is 2.00 bits per heavy atom. The van der Waals surface area contributed by atoms with Crippen molar-refractivity contribution >= 4 is 11.6 Å². The lowest BCUT2D eigenvalue weighted by Gasteiger charge is -2.16. The third-order valence-corrected chi connectivity index (χ3v) is 3.26. The van der Waals surface area contributed by atoms with Gasteiger partial charge in [-0.2, -0.15) is 0 Å². The van der Waals surface area contributed by atoms with Crippen molar-refractivity contribution in [1.82, 2.24) is 5.32 Å². The number of hydrogen-bond acceptors (Lipinski definition) is 3. The first-order valence-corrected chi connectivity index (χ1v) is 7.18. The lowest BCUT2D eigenvalue weighted by atomic mass is 10.0. The molecule has 1 amide bonds. The van der Waals surface area contributed by atoms with E-state index in [1.165, 1.54) is 6.42 Å². The van der Waals surface area contributed by atoms with Gasteiger partial charge in [0.15, 0.2) is 0 Å². The van der Waals surface area contributed by atoms with E-state index in [1.807, 2.05) is 6.92 Å². The van der Waals surface area contributed by atoms with Crippen LogP contribution in [-0.2, 0) is 0 Å². The fourth-order valence-electron chi connectivity index (χ4n) is 2.11. The summed E-state index contributed by atoms with van der Waals surface area (Å²) in [7, 11) is 1.55. The second kappa shape index (κ2) is 7.78. The number of nitrogen functional groups attached to an aromatic ring is 1. The molecule has 4 nitrogen and oxygen atoms in total. The average molecular weight is 278 g/mol. The Morgan fingerprint density at radius 3 is 2.60 bits per heavy atom. The Labute approximate surface area is 121 Å². The zero-order valence-corrected chi connectivity index (χ0v) is 12.9. The number of rotatable bonds is 7. The van der Waals surface area contributed by atoms with Crippen LogP contribution < -0.4 is 15.8 Å². The molecule has 0 saturated heterocycles. The number of anilines is 1. The maximum absolute atomic E-state index is 12.2. The molecule has 1 unspecified atom stereocenters. The molecule has 1 atom stereocenters. The minimum Gasteiger partial charge on any atom is -0.496 e. The number of methoxy groups -OCH3 is 1. The Kier molecular flexibility index (Phi) is 6.36. The van der Waals surface area contributed by atoms with Crippen LogP contribution in [0.15, 0.2) is 18.2 Å². The topological polar surface area (TPSA) is 64.3 Å². The summed E-state index contributed by atoms with van der Waals surface area (Å²) < 4.78 is 5.20. The predicted molar refractivity (Wildman–Crippen MR) is 83.0 cm³/mol. The molecule has 3 N–H and O–H groups in total. The van der Waals surface area contributed by atoms with Gasteiger partial charge in [-0.05, 0) is 37.5 Å². The number of benzene rings is 1. The van der Waals surface area contributed by atoms with Crippen molar-refractivity contribution in [3.63, 3.8) is 0 Å². The molecule has 112 valence electrons. The van der Waals surface area contributed by atoms with Crippen LogP contribution in [0.5, 0.6) is 5.75 Å². The third kappa shape index (κ3) is 5.11.